The maximum Gasteiger partial charge on any atom is 0.0283 e. The summed E-state index contributed by atoms with van der Waals surface area (Å²) in [5.41, 5.74) is 15.8. The summed E-state index contributed by atoms with van der Waals surface area (Å²) >= 11 is 3.62. The zero-order valence-corrected chi connectivity index (χ0v) is 25.9. The van der Waals surface area contributed by atoms with Gasteiger partial charge in [0.1, 0.15) is 0 Å². The molecule has 0 saturated heterocycles. The van der Waals surface area contributed by atoms with Crippen LogP contribution in [0.5, 0.6) is 0 Å². The van der Waals surface area contributed by atoms with Gasteiger partial charge >= 0.3 is 0 Å². The van der Waals surface area contributed by atoms with E-state index in [2.05, 4.69) is 192 Å². The van der Waals surface area contributed by atoms with Crippen LogP contribution in [0.4, 0.5) is 0 Å². The molecule has 0 saturated carbocycles. The smallest absolute Gasteiger partial charge is 0.0283 e. The first-order valence-electron chi connectivity index (χ1n) is 15.0. The molecule has 0 N–H and O–H groups in total. The van der Waals surface area contributed by atoms with Crippen LogP contribution in [0.15, 0.2) is 176 Å². The number of hydrogen-bond donors (Lipinski definition) is 0. The van der Waals surface area contributed by atoms with Crippen LogP contribution in [0.25, 0.3) is 66.8 Å². The quantitative estimate of drug-likeness (QED) is 0.154. The molecule has 0 aromatic heterocycles. The summed E-state index contributed by atoms with van der Waals surface area (Å²) < 4.78 is 0. The van der Waals surface area contributed by atoms with E-state index in [1.54, 1.807) is 0 Å². The normalized spacial score (nSPS) is 10.9. The van der Waals surface area contributed by atoms with Gasteiger partial charge < -0.3 is 0 Å². The van der Waals surface area contributed by atoms with Gasteiger partial charge in [-0.25, -0.2) is 0 Å². The highest BCUT2D eigenvalue weighted by molar-refractivity contribution is 9.08. The third-order valence-corrected chi connectivity index (χ3v) is 8.80. The highest BCUT2D eigenvalue weighted by atomic mass is 79.9. The standard InChI is InChI=1S/C43H31Br/c44-30-31-11-7-16-34(23-31)37-19-10-22-40(26-37)43-28-41(38-20-8-17-35(24-38)32-12-3-1-4-13-32)27-42(29-43)39-21-9-18-36(25-39)33-14-5-2-6-15-33/h1-29H,30H2. The second-order valence-corrected chi connectivity index (χ2v) is 11.7. The lowest BCUT2D eigenvalue weighted by Crippen LogP contribution is -1.89. The van der Waals surface area contributed by atoms with Crippen LogP contribution < -0.4 is 0 Å². The predicted octanol–water partition coefficient (Wildman–Crippen LogP) is 12.6. The van der Waals surface area contributed by atoms with Crippen molar-refractivity contribution in [1.82, 2.24) is 0 Å². The summed E-state index contributed by atoms with van der Waals surface area (Å²) in [6.45, 7) is 0. The van der Waals surface area contributed by atoms with Gasteiger partial charge in [0.15, 0.2) is 0 Å². The molecule has 0 atom stereocenters. The van der Waals surface area contributed by atoms with E-state index >= 15 is 0 Å². The SMILES string of the molecule is BrCc1cccc(-c2cccc(-c3cc(-c4cccc(-c5ccccc5)c4)cc(-c4cccc(-c5ccccc5)c4)c3)c2)c1. The molecule has 0 unspecified atom stereocenters. The van der Waals surface area contributed by atoms with Crippen LogP contribution in [0, 0.1) is 0 Å². The van der Waals surface area contributed by atoms with Crippen molar-refractivity contribution >= 4 is 15.9 Å². The Labute approximate surface area is 268 Å². The van der Waals surface area contributed by atoms with Crippen molar-refractivity contribution in [3.63, 3.8) is 0 Å². The summed E-state index contributed by atoms with van der Waals surface area (Å²) in [4.78, 5) is 0. The average Bonchev–Trinajstić information content (AvgIpc) is 3.12. The Balaban J connectivity index is 1.37. The van der Waals surface area contributed by atoms with Crippen molar-refractivity contribution < 1.29 is 0 Å². The number of rotatable bonds is 7. The molecule has 0 amide bonds. The third-order valence-electron chi connectivity index (χ3n) is 8.15. The maximum absolute atomic E-state index is 3.62. The molecular formula is C43H31Br. The lowest BCUT2D eigenvalue weighted by molar-refractivity contribution is 1.43. The number of hydrogen-bond acceptors (Lipinski definition) is 0. The molecule has 1 heteroatoms. The van der Waals surface area contributed by atoms with Crippen LogP contribution in [-0.2, 0) is 5.33 Å². The van der Waals surface area contributed by atoms with Crippen LogP contribution in [0.2, 0.25) is 0 Å². The molecule has 7 aromatic carbocycles. The Kier molecular flexibility index (Phi) is 8.04. The van der Waals surface area contributed by atoms with E-state index < -0.39 is 0 Å². The minimum Gasteiger partial charge on any atom is -0.0876 e. The highest BCUT2D eigenvalue weighted by Gasteiger charge is 2.11. The zero-order valence-electron chi connectivity index (χ0n) is 24.3. The van der Waals surface area contributed by atoms with Gasteiger partial charge in [-0.3, -0.25) is 0 Å². The van der Waals surface area contributed by atoms with Crippen molar-refractivity contribution in [1.29, 1.82) is 0 Å². The van der Waals surface area contributed by atoms with Gasteiger partial charge in [-0.2, -0.15) is 0 Å². The molecule has 44 heavy (non-hydrogen) atoms. The lowest BCUT2D eigenvalue weighted by Gasteiger charge is -2.14. The van der Waals surface area contributed by atoms with Crippen molar-refractivity contribution in [2.75, 3.05) is 0 Å². The fourth-order valence-electron chi connectivity index (χ4n) is 5.86. The fourth-order valence-corrected chi connectivity index (χ4v) is 6.21. The Hall–Kier alpha value is -4.98. The Bertz CT molecular complexity index is 1940. The molecule has 0 aliphatic rings. The van der Waals surface area contributed by atoms with E-state index in [1.807, 2.05) is 0 Å². The van der Waals surface area contributed by atoms with Crippen LogP contribution in [0.1, 0.15) is 5.56 Å². The van der Waals surface area contributed by atoms with E-state index in [0.717, 1.165) is 5.33 Å². The Morgan fingerprint density at radius 3 is 0.909 bits per heavy atom. The lowest BCUT2D eigenvalue weighted by atomic mass is 9.90. The van der Waals surface area contributed by atoms with Crippen molar-refractivity contribution in [3.8, 4) is 66.8 Å². The maximum atomic E-state index is 3.62. The summed E-state index contributed by atoms with van der Waals surface area (Å²) in [5, 5.41) is 0.843. The van der Waals surface area contributed by atoms with Crippen molar-refractivity contribution in [2.45, 2.75) is 5.33 Å². The van der Waals surface area contributed by atoms with Crippen molar-refractivity contribution in [2.24, 2.45) is 0 Å². The highest BCUT2D eigenvalue weighted by Crippen LogP contribution is 2.37. The average molecular weight is 628 g/mol. The topological polar surface area (TPSA) is 0 Å². The van der Waals surface area contributed by atoms with Gasteiger partial charge in [0.25, 0.3) is 0 Å². The van der Waals surface area contributed by atoms with Gasteiger partial charge in [0, 0.05) is 5.33 Å². The number of benzene rings is 7. The first-order valence-corrected chi connectivity index (χ1v) is 16.1. The molecule has 0 bridgehead atoms. The molecule has 0 radical (unpaired) electrons. The van der Waals surface area contributed by atoms with Gasteiger partial charge in [-0.1, -0.05) is 155 Å². The van der Waals surface area contributed by atoms with Crippen LogP contribution in [0.3, 0.4) is 0 Å². The van der Waals surface area contributed by atoms with E-state index in [4.69, 9.17) is 0 Å². The van der Waals surface area contributed by atoms with E-state index in [1.165, 1.54) is 72.3 Å². The van der Waals surface area contributed by atoms with Gasteiger partial charge in [-0.05, 0) is 109 Å². The Morgan fingerprint density at radius 1 is 0.250 bits per heavy atom. The first kappa shape index (κ1) is 27.8. The summed E-state index contributed by atoms with van der Waals surface area (Å²) in [5.74, 6) is 0. The molecule has 0 aliphatic carbocycles. The minimum absolute atomic E-state index is 0.843. The largest absolute Gasteiger partial charge is 0.0876 e. The number of alkyl halides is 1. The molecule has 0 fully saturated rings. The second-order valence-electron chi connectivity index (χ2n) is 11.1. The van der Waals surface area contributed by atoms with Gasteiger partial charge in [0.2, 0.25) is 0 Å². The summed E-state index contributed by atoms with van der Waals surface area (Å²) in [6, 6.07) is 63.7. The molecule has 7 aromatic rings. The fraction of sp³-hybridized carbons (Fsp3) is 0.0233. The third kappa shape index (κ3) is 6.06. The first-order chi connectivity index (χ1) is 21.7. The molecule has 7 rings (SSSR count). The molecule has 0 aliphatic heterocycles. The zero-order chi connectivity index (χ0) is 29.7. The van der Waals surface area contributed by atoms with E-state index in [0.29, 0.717) is 0 Å². The molecule has 0 heterocycles. The van der Waals surface area contributed by atoms with Crippen molar-refractivity contribution in [3.05, 3.63) is 181 Å². The summed E-state index contributed by atoms with van der Waals surface area (Å²) in [7, 11) is 0. The Morgan fingerprint density at radius 2 is 0.523 bits per heavy atom. The van der Waals surface area contributed by atoms with Crippen LogP contribution >= 0.6 is 15.9 Å². The molecule has 210 valence electrons. The molecule has 0 nitrogen and oxygen atoms in total. The minimum atomic E-state index is 0.843. The second kappa shape index (κ2) is 12.7. The van der Waals surface area contributed by atoms with Crippen LogP contribution in [-0.4, -0.2) is 0 Å². The summed E-state index contributed by atoms with van der Waals surface area (Å²) in [6.07, 6.45) is 0. The molecule has 0 spiro atoms. The number of halogens is 1. The van der Waals surface area contributed by atoms with Gasteiger partial charge in [0.05, 0.1) is 0 Å². The predicted molar refractivity (Wildman–Crippen MR) is 192 cm³/mol. The molecular weight excluding hydrogens is 596 g/mol. The van der Waals surface area contributed by atoms with E-state index in [-0.39, 0.29) is 0 Å². The van der Waals surface area contributed by atoms with E-state index in [9.17, 15) is 0 Å². The van der Waals surface area contributed by atoms with Gasteiger partial charge in [-0.15, -0.1) is 0 Å². The monoisotopic (exact) mass is 626 g/mol.